The van der Waals surface area contributed by atoms with Gasteiger partial charge in [-0.25, -0.2) is 0 Å². The third-order valence-corrected chi connectivity index (χ3v) is 9.62. The Labute approximate surface area is 297 Å². The van der Waals surface area contributed by atoms with Gasteiger partial charge in [0.2, 0.25) is 5.16 Å². The molecule has 9 nitrogen and oxygen atoms in total. The molecule has 0 aliphatic carbocycles. The summed E-state index contributed by atoms with van der Waals surface area (Å²) in [7, 11) is 0. The van der Waals surface area contributed by atoms with Crippen molar-refractivity contribution >= 4 is 52.5 Å². The zero-order valence-corrected chi connectivity index (χ0v) is 28.8. The Balaban J connectivity index is 1.21. The molecule has 1 aliphatic rings. The van der Waals surface area contributed by atoms with Gasteiger partial charge in [0.25, 0.3) is 9.70 Å². The molecule has 0 saturated carbocycles. The number of benzene rings is 4. The van der Waals surface area contributed by atoms with Gasteiger partial charge in [0.1, 0.15) is 0 Å². The zero-order chi connectivity index (χ0) is 33.7. The maximum atomic E-state index is 12.0. The van der Waals surface area contributed by atoms with Crippen LogP contribution in [0.2, 0.25) is 0 Å². The Morgan fingerprint density at radius 3 is 2.33 bits per heavy atom. The summed E-state index contributed by atoms with van der Waals surface area (Å²) in [5.41, 5.74) is 6.40. The zero-order valence-electron chi connectivity index (χ0n) is 25.7. The minimum Gasteiger partial charge on any atom is -0.392 e. The van der Waals surface area contributed by atoms with Gasteiger partial charge >= 0.3 is 0 Å². The third-order valence-electron chi connectivity index (χ3n) is 8.10. The highest BCUT2D eigenvalue weighted by Crippen LogP contribution is 2.43. The van der Waals surface area contributed by atoms with Crippen LogP contribution in [0, 0.1) is 5.92 Å². The standard InChI is InChI=1S/C35H32Cl3N5O4S/c1-22-30(21-48-34-40-41-42-43(34)29-8-3-2-4-9-29)46-32(47-31(22)26-12-10-23(20-44)11-13-26)27-16-14-25(15-17-27)28-7-5-6-24(18-28)19-39-33(45)35(36,37)38/h2-18,22,30-32,44H,19-21H2,1H3,(H,39,45)/t22-,30+,31+,32+/m0/s1. The first kappa shape index (κ1) is 34.4. The summed E-state index contributed by atoms with van der Waals surface area (Å²) in [6.07, 6.45) is -1.08. The van der Waals surface area contributed by atoms with Gasteiger partial charge in [-0.2, -0.15) is 4.68 Å². The number of nitrogens with one attached hydrogen (secondary N) is 1. The largest absolute Gasteiger partial charge is 0.392 e. The lowest BCUT2D eigenvalue weighted by Crippen LogP contribution is -2.38. The number of rotatable bonds is 10. The Bertz CT molecular complexity index is 1820. The molecule has 6 rings (SSSR count). The second kappa shape index (κ2) is 15.4. The molecule has 4 atom stereocenters. The van der Waals surface area contributed by atoms with E-state index in [1.54, 1.807) is 4.68 Å². The summed E-state index contributed by atoms with van der Waals surface area (Å²) >= 11 is 18.6. The van der Waals surface area contributed by atoms with Gasteiger partial charge in [-0.3, -0.25) is 4.79 Å². The molecule has 48 heavy (non-hydrogen) atoms. The molecule has 13 heteroatoms. The number of carbonyl (C=O) groups is 1. The summed E-state index contributed by atoms with van der Waals surface area (Å²) in [6, 6.07) is 33.4. The number of alkyl halides is 3. The van der Waals surface area contributed by atoms with Crippen molar-refractivity contribution in [2.75, 3.05) is 5.75 Å². The highest BCUT2D eigenvalue weighted by molar-refractivity contribution is 7.99. The normalized spacial score (nSPS) is 19.6. The summed E-state index contributed by atoms with van der Waals surface area (Å²) in [5.74, 6) is -0.0870. The smallest absolute Gasteiger partial charge is 0.272 e. The summed E-state index contributed by atoms with van der Waals surface area (Å²) in [5, 5.41) is 25.3. The first-order chi connectivity index (χ1) is 23.2. The molecule has 248 valence electrons. The van der Waals surface area contributed by atoms with E-state index in [1.165, 1.54) is 11.8 Å². The summed E-state index contributed by atoms with van der Waals surface area (Å²) < 4.78 is 13.0. The van der Waals surface area contributed by atoms with E-state index in [9.17, 15) is 9.90 Å². The molecule has 1 amide bonds. The SMILES string of the molecule is C[C@H]1[C@@H](CSc2nnnn2-c2ccccc2)O[C@@H](c2ccc(-c3cccc(CNC(=O)C(Cl)(Cl)Cl)c3)cc2)O[C@H]1c1ccc(CO)cc1. The molecular formula is C35H32Cl3N5O4S. The van der Waals surface area contributed by atoms with Crippen LogP contribution in [-0.2, 0) is 27.4 Å². The van der Waals surface area contributed by atoms with Gasteiger partial charge in [0.15, 0.2) is 6.29 Å². The summed E-state index contributed by atoms with van der Waals surface area (Å²) in [4.78, 5) is 12.0. The molecule has 1 saturated heterocycles. The number of nitrogens with zero attached hydrogens (tertiary/aromatic N) is 4. The fourth-order valence-electron chi connectivity index (χ4n) is 5.44. The number of halogens is 3. The lowest BCUT2D eigenvalue weighted by Gasteiger charge is -2.41. The van der Waals surface area contributed by atoms with Crippen molar-refractivity contribution in [2.45, 2.75) is 47.5 Å². The number of tetrazole rings is 1. The van der Waals surface area contributed by atoms with Gasteiger partial charge in [0.05, 0.1) is 24.5 Å². The minimum absolute atomic E-state index is 0.00106. The van der Waals surface area contributed by atoms with Crippen molar-refractivity contribution in [3.05, 3.63) is 125 Å². The number of amides is 1. The van der Waals surface area contributed by atoms with Crippen LogP contribution in [0.4, 0.5) is 0 Å². The van der Waals surface area contributed by atoms with Crippen molar-refractivity contribution in [1.29, 1.82) is 0 Å². The van der Waals surface area contributed by atoms with Crippen molar-refractivity contribution in [1.82, 2.24) is 25.5 Å². The van der Waals surface area contributed by atoms with E-state index in [2.05, 4.69) is 27.8 Å². The van der Waals surface area contributed by atoms with E-state index in [0.29, 0.717) is 10.9 Å². The average Bonchev–Trinajstić information content (AvgIpc) is 3.59. The summed E-state index contributed by atoms with van der Waals surface area (Å²) in [6.45, 7) is 2.32. The second-order valence-electron chi connectivity index (χ2n) is 11.3. The molecule has 0 bridgehead atoms. The molecule has 1 aliphatic heterocycles. The van der Waals surface area contributed by atoms with Crippen molar-refractivity contribution in [3.8, 4) is 16.8 Å². The van der Waals surface area contributed by atoms with E-state index in [4.69, 9.17) is 44.3 Å². The Morgan fingerprint density at radius 2 is 1.62 bits per heavy atom. The Morgan fingerprint density at radius 1 is 0.896 bits per heavy atom. The van der Waals surface area contributed by atoms with Gasteiger partial charge in [-0.15, -0.1) is 5.10 Å². The van der Waals surface area contributed by atoms with E-state index >= 15 is 0 Å². The first-order valence-corrected chi connectivity index (χ1v) is 17.3. The molecule has 4 aromatic carbocycles. The first-order valence-electron chi connectivity index (χ1n) is 15.2. The van der Waals surface area contributed by atoms with E-state index in [1.807, 2.05) is 103 Å². The van der Waals surface area contributed by atoms with Gasteiger partial charge in [-0.1, -0.05) is 138 Å². The number of carbonyl (C=O) groups excluding carboxylic acids is 1. The quantitative estimate of drug-likeness (QED) is 0.113. The van der Waals surface area contributed by atoms with Crippen LogP contribution < -0.4 is 5.32 Å². The molecule has 0 radical (unpaired) electrons. The maximum absolute atomic E-state index is 12.0. The minimum atomic E-state index is -2.02. The number of ether oxygens (including phenoxy) is 2. The molecule has 2 heterocycles. The van der Waals surface area contributed by atoms with E-state index in [0.717, 1.165) is 39.1 Å². The van der Waals surface area contributed by atoms with Crippen LogP contribution in [-0.4, -0.2) is 46.9 Å². The number of hydrogen-bond acceptors (Lipinski definition) is 8. The predicted octanol–water partition coefficient (Wildman–Crippen LogP) is 7.39. The molecule has 5 aromatic rings. The van der Waals surface area contributed by atoms with Crippen molar-refractivity contribution < 1.29 is 19.4 Å². The van der Waals surface area contributed by atoms with E-state index < -0.39 is 16.0 Å². The van der Waals surface area contributed by atoms with Crippen LogP contribution in [0.3, 0.4) is 0 Å². The van der Waals surface area contributed by atoms with Crippen molar-refractivity contribution in [3.63, 3.8) is 0 Å². The molecule has 1 fully saturated rings. The average molecular weight is 725 g/mol. The van der Waals surface area contributed by atoms with Crippen LogP contribution in [0.5, 0.6) is 0 Å². The number of aliphatic hydroxyl groups excluding tert-OH is 1. The molecule has 0 spiro atoms. The lowest BCUT2D eigenvalue weighted by molar-refractivity contribution is -0.268. The number of para-hydroxylation sites is 1. The van der Waals surface area contributed by atoms with Crippen LogP contribution in [0.1, 0.15) is 41.6 Å². The predicted molar refractivity (Wildman–Crippen MR) is 187 cm³/mol. The topological polar surface area (TPSA) is 111 Å². The Kier molecular flexibility index (Phi) is 11.0. The lowest BCUT2D eigenvalue weighted by atomic mass is 9.91. The molecule has 1 aromatic heterocycles. The van der Waals surface area contributed by atoms with Crippen LogP contribution in [0.15, 0.2) is 108 Å². The fourth-order valence-corrected chi connectivity index (χ4v) is 6.70. The number of thioether (sulfide) groups is 1. The fraction of sp³-hybridized carbons (Fsp3) is 0.257. The second-order valence-corrected chi connectivity index (χ2v) is 14.6. The van der Waals surface area contributed by atoms with Gasteiger partial charge in [-0.05, 0) is 56.4 Å². The monoisotopic (exact) mass is 723 g/mol. The molecule has 2 N–H and O–H groups in total. The van der Waals surface area contributed by atoms with E-state index in [-0.39, 0.29) is 31.3 Å². The highest BCUT2D eigenvalue weighted by atomic mass is 35.6. The molecule has 0 unspecified atom stereocenters. The number of hydrogen-bond donors (Lipinski definition) is 2. The number of aliphatic hydroxyl groups is 1. The molecular weight excluding hydrogens is 693 g/mol. The van der Waals surface area contributed by atoms with Crippen LogP contribution >= 0.6 is 46.6 Å². The maximum Gasteiger partial charge on any atom is 0.272 e. The van der Waals surface area contributed by atoms with Gasteiger partial charge in [0, 0.05) is 23.8 Å². The van der Waals surface area contributed by atoms with Gasteiger partial charge < -0.3 is 19.9 Å². The van der Waals surface area contributed by atoms with Crippen LogP contribution in [0.25, 0.3) is 16.8 Å². The highest BCUT2D eigenvalue weighted by Gasteiger charge is 2.38. The third kappa shape index (κ3) is 8.20. The number of aromatic nitrogens is 4. The Hall–Kier alpha value is -3.48. The van der Waals surface area contributed by atoms with Crippen molar-refractivity contribution in [2.24, 2.45) is 5.92 Å².